The van der Waals surface area contributed by atoms with Crippen LogP contribution < -0.4 is 4.90 Å². The van der Waals surface area contributed by atoms with Gasteiger partial charge in [0.2, 0.25) is 0 Å². The summed E-state index contributed by atoms with van der Waals surface area (Å²) in [4.78, 5) is 5.12. The molecule has 0 amide bonds. The van der Waals surface area contributed by atoms with E-state index in [0.717, 1.165) is 38.2 Å². The molecule has 1 saturated carbocycles. The van der Waals surface area contributed by atoms with Gasteiger partial charge in [0.1, 0.15) is 5.60 Å². The zero-order chi connectivity index (χ0) is 23.0. The average molecular weight is 435 g/mol. The van der Waals surface area contributed by atoms with Crippen molar-refractivity contribution < 1.29 is 5.11 Å². The summed E-state index contributed by atoms with van der Waals surface area (Å²) in [5, 5.41) is 12.1. The van der Waals surface area contributed by atoms with E-state index in [9.17, 15) is 5.11 Å². The zero-order valence-electron chi connectivity index (χ0n) is 20.8. The van der Waals surface area contributed by atoms with Crippen LogP contribution in [-0.4, -0.2) is 42.2 Å². The average Bonchev–Trinajstić information content (AvgIpc) is 2.80. The van der Waals surface area contributed by atoms with Gasteiger partial charge in [-0.3, -0.25) is 4.90 Å². The first-order valence-electron chi connectivity index (χ1n) is 12.6. The molecule has 0 radical (unpaired) electrons. The number of aliphatic hydroxyl groups is 1. The van der Waals surface area contributed by atoms with Gasteiger partial charge in [-0.05, 0) is 36.1 Å². The van der Waals surface area contributed by atoms with E-state index in [1.807, 2.05) is 0 Å². The third kappa shape index (κ3) is 3.68. The van der Waals surface area contributed by atoms with E-state index in [1.54, 1.807) is 0 Å². The number of hydrogen-bond donors (Lipinski definition) is 1. The molecule has 0 aromatic heterocycles. The van der Waals surface area contributed by atoms with Crippen molar-refractivity contribution >= 4 is 5.69 Å². The van der Waals surface area contributed by atoms with Gasteiger partial charge in [0, 0.05) is 48.7 Å². The predicted molar refractivity (Wildman–Crippen MR) is 135 cm³/mol. The zero-order valence-corrected chi connectivity index (χ0v) is 20.8. The Labute approximate surface area is 195 Å². The van der Waals surface area contributed by atoms with Crippen LogP contribution in [0.25, 0.3) is 0 Å². The lowest BCUT2D eigenvalue weighted by molar-refractivity contribution is -0.307. The Bertz CT molecular complexity index is 863. The molecule has 1 aliphatic carbocycles. The first-order chi connectivity index (χ1) is 15.2. The van der Waals surface area contributed by atoms with Crippen molar-refractivity contribution in [2.75, 3.05) is 31.1 Å². The van der Waals surface area contributed by atoms with Crippen LogP contribution in [0.1, 0.15) is 65.0 Å². The van der Waals surface area contributed by atoms with Crippen LogP contribution in [0.5, 0.6) is 0 Å². The number of piperazine rings is 1. The van der Waals surface area contributed by atoms with Crippen molar-refractivity contribution in [3.63, 3.8) is 0 Å². The van der Waals surface area contributed by atoms with Crippen molar-refractivity contribution in [1.29, 1.82) is 0 Å². The summed E-state index contributed by atoms with van der Waals surface area (Å²) in [6, 6.07) is 19.9. The highest BCUT2D eigenvalue weighted by atomic mass is 16.3. The van der Waals surface area contributed by atoms with Crippen LogP contribution in [0.2, 0.25) is 0 Å². The van der Waals surface area contributed by atoms with Crippen LogP contribution >= 0.6 is 0 Å². The monoisotopic (exact) mass is 434 g/mol. The van der Waals surface area contributed by atoms with Crippen molar-refractivity contribution in [2.45, 2.75) is 71.9 Å². The molecule has 0 bridgehead atoms. The molecule has 174 valence electrons. The Kier molecular flexibility index (Phi) is 6.44. The number of para-hydroxylation sites is 1. The molecule has 2 aromatic rings. The molecule has 0 unspecified atom stereocenters. The van der Waals surface area contributed by atoms with Gasteiger partial charge in [0.05, 0.1) is 0 Å². The molecule has 2 aromatic carbocycles. The van der Waals surface area contributed by atoms with E-state index in [0.29, 0.717) is 6.04 Å². The van der Waals surface area contributed by atoms with Gasteiger partial charge in [-0.1, -0.05) is 89.9 Å². The highest BCUT2D eigenvalue weighted by molar-refractivity contribution is 5.46. The quantitative estimate of drug-likeness (QED) is 0.553. The molecule has 1 N–H and O–H groups in total. The lowest BCUT2D eigenvalue weighted by Crippen LogP contribution is -2.79. The van der Waals surface area contributed by atoms with Gasteiger partial charge in [0.15, 0.2) is 0 Å². The summed E-state index contributed by atoms with van der Waals surface area (Å²) in [6.45, 7) is 15.5. The molecule has 3 heteroatoms. The number of anilines is 1. The van der Waals surface area contributed by atoms with Gasteiger partial charge in [0.25, 0.3) is 0 Å². The maximum Gasteiger partial charge on any atom is 0.103 e. The molecule has 0 spiro atoms. The minimum Gasteiger partial charge on any atom is -0.384 e. The lowest BCUT2D eigenvalue weighted by Gasteiger charge is -2.72. The minimum absolute atomic E-state index is 0.213. The fourth-order valence-electron chi connectivity index (χ4n) is 7.08. The molecule has 0 atom stereocenters. The molecule has 32 heavy (non-hydrogen) atoms. The van der Waals surface area contributed by atoms with Crippen molar-refractivity contribution in [3.05, 3.63) is 65.7 Å². The van der Waals surface area contributed by atoms with E-state index in [4.69, 9.17) is 0 Å². The molecule has 1 saturated heterocycles. The standard InChI is InChI=1S/C29H42N2O/c1-6-7-9-12-23-15-17-24(18-16-23)29(32)27(2,3)26(28(29,4)5)31-21-19-30(20-22-31)25-13-10-8-11-14-25/h8,10-11,13-18,26,32H,6-7,9,12,19-22H2,1-5H3. The highest BCUT2D eigenvalue weighted by Crippen LogP contribution is 2.68. The van der Waals surface area contributed by atoms with Gasteiger partial charge >= 0.3 is 0 Å². The largest absolute Gasteiger partial charge is 0.384 e. The molecule has 3 nitrogen and oxygen atoms in total. The lowest BCUT2D eigenvalue weighted by atomic mass is 9.39. The summed E-state index contributed by atoms with van der Waals surface area (Å²) in [5.74, 6) is 0. The molecule has 2 fully saturated rings. The normalized spacial score (nSPS) is 27.2. The molecule has 4 rings (SSSR count). The number of aryl methyl sites for hydroxylation is 1. The smallest absolute Gasteiger partial charge is 0.103 e. The van der Waals surface area contributed by atoms with Gasteiger partial charge in [-0.2, -0.15) is 0 Å². The SMILES string of the molecule is CCCCCc1ccc(C2(O)C(C)(C)C(N3CCN(c4ccccc4)CC3)C2(C)C)cc1. The summed E-state index contributed by atoms with van der Waals surface area (Å²) in [6.07, 6.45) is 4.91. The van der Waals surface area contributed by atoms with Crippen LogP contribution in [0.4, 0.5) is 5.69 Å². The van der Waals surface area contributed by atoms with Gasteiger partial charge < -0.3 is 10.0 Å². The molecule has 1 aliphatic heterocycles. The molecule has 1 heterocycles. The maximum absolute atomic E-state index is 12.1. The number of unbranched alkanes of at least 4 members (excludes halogenated alkanes) is 2. The third-order valence-electron chi connectivity index (χ3n) is 8.47. The number of benzene rings is 2. The molecular weight excluding hydrogens is 392 g/mol. The Balaban J connectivity index is 1.48. The second-order valence-electron chi connectivity index (χ2n) is 11.1. The summed E-state index contributed by atoms with van der Waals surface area (Å²) >= 11 is 0. The number of nitrogens with zero attached hydrogens (tertiary/aromatic N) is 2. The predicted octanol–water partition coefficient (Wildman–Crippen LogP) is 5.86. The maximum atomic E-state index is 12.1. The second-order valence-corrected chi connectivity index (χ2v) is 11.1. The molecule has 2 aliphatic rings. The Morgan fingerprint density at radius 2 is 1.41 bits per heavy atom. The fraction of sp³-hybridized carbons (Fsp3) is 0.586. The molecular formula is C29H42N2O. The topological polar surface area (TPSA) is 26.7 Å². The van der Waals surface area contributed by atoms with Crippen LogP contribution in [0.3, 0.4) is 0 Å². The van der Waals surface area contributed by atoms with E-state index in [2.05, 4.69) is 99.0 Å². The van der Waals surface area contributed by atoms with E-state index in [-0.39, 0.29) is 10.8 Å². The summed E-state index contributed by atoms with van der Waals surface area (Å²) in [5.41, 5.74) is 2.52. The van der Waals surface area contributed by atoms with E-state index >= 15 is 0 Å². The second kappa shape index (κ2) is 8.83. The minimum atomic E-state index is -0.830. The highest BCUT2D eigenvalue weighted by Gasteiger charge is 2.73. The van der Waals surface area contributed by atoms with Crippen LogP contribution in [-0.2, 0) is 12.0 Å². The number of hydrogen-bond acceptors (Lipinski definition) is 3. The van der Waals surface area contributed by atoms with Crippen molar-refractivity contribution in [2.24, 2.45) is 10.8 Å². The van der Waals surface area contributed by atoms with Crippen molar-refractivity contribution in [1.82, 2.24) is 4.90 Å². The third-order valence-corrected chi connectivity index (χ3v) is 8.47. The Hall–Kier alpha value is -1.84. The number of rotatable bonds is 7. The van der Waals surface area contributed by atoms with Gasteiger partial charge in [-0.25, -0.2) is 0 Å². The van der Waals surface area contributed by atoms with Crippen LogP contribution in [0.15, 0.2) is 54.6 Å². The Morgan fingerprint density at radius 1 is 0.812 bits per heavy atom. The first kappa shape index (κ1) is 23.3. The first-order valence-corrected chi connectivity index (χ1v) is 12.6. The fourth-order valence-corrected chi connectivity index (χ4v) is 7.08. The van der Waals surface area contributed by atoms with Gasteiger partial charge in [-0.15, -0.1) is 0 Å². The summed E-state index contributed by atoms with van der Waals surface area (Å²) in [7, 11) is 0. The Morgan fingerprint density at radius 3 is 1.97 bits per heavy atom. The van der Waals surface area contributed by atoms with Crippen LogP contribution in [0, 0.1) is 10.8 Å². The van der Waals surface area contributed by atoms with E-state index < -0.39 is 5.60 Å². The summed E-state index contributed by atoms with van der Waals surface area (Å²) < 4.78 is 0. The van der Waals surface area contributed by atoms with Crippen molar-refractivity contribution in [3.8, 4) is 0 Å². The van der Waals surface area contributed by atoms with E-state index in [1.165, 1.54) is 30.5 Å².